The molecule has 5 rings (SSSR count). The molecule has 2 aliphatic rings. The van der Waals surface area contributed by atoms with Crippen LogP contribution in [0.2, 0.25) is 0 Å². The molecule has 2 heterocycles. The first-order valence-corrected chi connectivity index (χ1v) is 12.8. The van der Waals surface area contributed by atoms with Crippen molar-refractivity contribution in [3.63, 3.8) is 0 Å². The van der Waals surface area contributed by atoms with Crippen LogP contribution in [0, 0.1) is 0 Å². The smallest absolute Gasteiger partial charge is 0.300 e. The number of ether oxygens (including phenoxy) is 2. The van der Waals surface area contributed by atoms with Gasteiger partial charge in [0, 0.05) is 37.5 Å². The van der Waals surface area contributed by atoms with Crippen molar-refractivity contribution in [3.8, 4) is 11.5 Å². The van der Waals surface area contributed by atoms with E-state index in [2.05, 4.69) is 0 Å². The number of anilines is 2. The standard InChI is InChI=1S/C31H32N2O5/c1-18(2)37-25-13-6-20(7-14-25)28-27(29(34)21-8-15-26-22(17-21)16-19(3)38-26)30(35)31(36)33(28)24-11-9-23(10-12-24)32(4)5/h6-15,17-19,28,34H,16H2,1-5H3/b29-27-. The number of carbonyl (C=O) groups excluding carboxylic acids is 2. The van der Waals surface area contributed by atoms with Crippen LogP contribution in [0.25, 0.3) is 5.76 Å². The predicted molar refractivity (Wildman–Crippen MR) is 148 cm³/mol. The Morgan fingerprint density at radius 3 is 2.34 bits per heavy atom. The molecule has 2 unspecified atom stereocenters. The van der Waals surface area contributed by atoms with Gasteiger partial charge in [-0.2, -0.15) is 0 Å². The fourth-order valence-electron chi connectivity index (χ4n) is 5.05. The predicted octanol–water partition coefficient (Wildman–Crippen LogP) is 5.49. The van der Waals surface area contributed by atoms with Crippen molar-refractivity contribution in [1.82, 2.24) is 0 Å². The number of ketones is 1. The molecule has 2 atom stereocenters. The lowest BCUT2D eigenvalue weighted by Crippen LogP contribution is -2.29. The molecule has 0 aliphatic carbocycles. The van der Waals surface area contributed by atoms with Crippen molar-refractivity contribution < 1.29 is 24.2 Å². The summed E-state index contributed by atoms with van der Waals surface area (Å²) in [5.41, 5.74) is 3.72. The highest BCUT2D eigenvalue weighted by Crippen LogP contribution is 2.43. The summed E-state index contributed by atoms with van der Waals surface area (Å²) >= 11 is 0. The molecular weight excluding hydrogens is 480 g/mol. The van der Waals surface area contributed by atoms with E-state index < -0.39 is 17.7 Å². The summed E-state index contributed by atoms with van der Waals surface area (Å²) in [6, 6.07) is 19.3. The highest BCUT2D eigenvalue weighted by molar-refractivity contribution is 6.51. The number of nitrogens with zero attached hydrogens (tertiary/aromatic N) is 2. The Morgan fingerprint density at radius 2 is 1.71 bits per heavy atom. The van der Waals surface area contributed by atoms with Crippen LogP contribution in [0.4, 0.5) is 11.4 Å². The molecule has 0 saturated carbocycles. The number of rotatable bonds is 6. The van der Waals surface area contributed by atoms with Crippen LogP contribution in [0.3, 0.4) is 0 Å². The molecule has 1 saturated heterocycles. The van der Waals surface area contributed by atoms with Gasteiger partial charge in [-0.1, -0.05) is 12.1 Å². The van der Waals surface area contributed by atoms with E-state index in [-0.39, 0.29) is 23.5 Å². The maximum Gasteiger partial charge on any atom is 0.300 e. The normalized spacial score (nSPS) is 20.0. The monoisotopic (exact) mass is 512 g/mol. The average molecular weight is 513 g/mol. The average Bonchev–Trinajstić information content (AvgIpc) is 3.39. The Morgan fingerprint density at radius 1 is 1.03 bits per heavy atom. The summed E-state index contributed by atoms with van der Waals surface area (Å²) in [6.45, 7) is 5.88. The molecule has 7 nitrogen and oxygen atoms in total. The van der Waals surface area contributed by atoms with Gasteiger partial charge < -0.3 is 19.5 Å². The van der Waals surface area contributed by atoms with E-state index >= 15 is 0 Å². The molecule has 7 heteroatoms. The van der Waals surface area contributed by atoms with Gasteiger partial charge >= 0.3 is 0 Å². The number of aliphatic hydroxyl groups is 1. The first-order valence-electron chi connectivity index (χ1n) is 12.8. The molecule has 196 valence electrons. The van der Waals surface area contributed by atoms with Crippen LogP contribution in [0.1, 0.15) is 43.5 Å². The number of carbonyl (C=O) groups is 2. The summed E-state index contributed by atoms with van der Waals surface area (Å²) in [4.78, 5) is 30.4. The lowest BCUT2D eigenvalue weighted by atomic mass is 9.94. The van der Waals surface area contributed by atoms with E-state index in [0.29, 0.717) is 29.0 Å². The summed E-state index contributed by atoms with van der Waals surface area (Å²) in [5.74, 6) is -0.159. The molecule has 0 aromatic heterocycles. The second-order valence-electron chi connectivity index (χ2n) is 10.3. The SMILES string of the molecule is CC(C)Oc1ccc(C2/C(=C(/O)c3ccc4c(c3)CC(C)O4)C(=O)C(=O)N2c2ccc(N(C)C)cc2)cc1. The number of benzene rings is 3. The third-order valence-corrected chi connectivity index (χ3v) is 6.83. The lowest BCUT2D eigenvalue weighted by Gasteiger charge is -2.26. The Balaban J connectivity index is 1.63. The fraction of sp³-hybridized carbons (Fsp3) is 0.290. The molecular formula is C31H32N2O5. The van der Waals surface area contributed by atoms with E-state index in [1.807, 2.05) is 94.4 Å². The maximum atomic E-state index is 13.5. The zero-order valence-electron chi connectivity index (χ0n) is 22.3. The van der Waals surface area contributed by atoms with Gasteiger partial charge in [0.15, 0.2) is 0 Å². The van der Waals surface area contributed by atoms with Crippen molar-refractivity contribution in [2.24, 2.45) is 0 Å². The van der Waals surface area contributed by atoms with E-state index in [1.54, 1.807) is 12.1 Å². The largest absolute Gasteiger partial charge is 0.507 e. The molecule has 1 amide bonds. The molecule has 38 heavy (non-hydrogen) atoms. The molecule has 3 aromatic carbocycles. The number of amides is 1. The van der Waals surface area contributed by atoms with Crippen LogP contribution in [-0.4, -0.2) is 43.1 Å². The number of hydrogen-bond donors (Lipinski definition) is 1. The maximum absolute atomic E-state index is 13.5. The van der Waals surface area contributed by atoms with E-state index in [0.717, 1.165) is 17.0 Å². The van der Waals surface area contributed by atoms with Crippen LogP contribution in [0.15, 0.2) is 72.3 Å². The molecule has 0 radical (unpaired) electrons. The minimum absolute atomic E-state index is 0.00760. The molecule has 0 bridgehead atoms. The Bertz CT molecular complexity index is 1410. The van der Waals surface area contributed by atoms with Gasteiger partial charge in [-0.15, -0.1) is 0 Å². The molecule has 2 aliphatic heterocycles. The Hall–Kier alpha value is -4.26. The molecule has 1 N–H and O–H groups in total. The number of aliphatic hydroxyl groups excluding tert-OH is 1. The topological polar surface area (TPSA) is 79.3 Å². The Kier molecular flexibility index (Phi) is 6.61. The van der Waals surface area contributed by atoms with E-state index in [9.17, 15) is 14.7 Å². The first kappa shape index (κ1) is 25.4. The molecule has 1 fully saturated rings. The van der Waals surface area contributed by atoms with Crippen molar-refractivity contribution in [2.45, 2.75) is 45.4 Å². The second-order valence-corrected chi connectivity index (χ2v) is 10.3. The van der Waals surface area contributed by atoms with Crippen molar-refractivity contribution in [3.05, 3.63) is 89.0 Å². The van der Waals surface area contributed by atoms with Crippen LogP contribution in [-0.2, 0) is 16.0 Å². The highest BCUT2D eigenvalue weighted by atomic mass is 16.5. The third-order valence-electron chi connectivity index (χ3n) is 6.83. The first-order chi connectivity index (χ1) is 18.1. The van der Waals surface area contributed by atoms with Crippen molar-refractivity contribution in [1.29, 1.82) is 0 Å². The highest BCUT2D eigenvalue weighted by Gasteiger charge is 2.47. The zero-order valence-corrected chi connectivity index (χ0v) is 22.3. The minimum Gasteiger partial charge on any atom is -0.507 e. The van der Waals surface area contributed by atoms with Crippen molar-refractivity contribution >= 4 is 28.8 Å². The molecule has 0 spiro atoms. The van der Waals surface area contributed by atoms with Crippen LogP contribution >= 0.6 is 0 Å². The van der Waals surface area contributed by atoms with Crippen LogP contribution < -0.4 is 19.3 Å². The van der Waals surface area contributed by atoms with Crippen molar-refractivity contribution in [2.75, 3.05) is 23.9 Å². The number of hydrogen-bond acceptors (Lipinski definition) is 6. The minimum atomic E-state index is -0.809. The number of fused-ring (bicyclic) bond motifs is 1. The van der Waals surface area contributed by atoms with Gasteiger partial charge in [0.1, 0.15) is 23.4 Å². The third kappa shape index (κ3) is 4.60. The fourth-order valence-corrected chi connectivity index (χ4v) is 5.05. The zero-order chi connectivity index (χ0) is 27.1. The van der Waals surface area contributed by atoms with Gasteiger partial charge in [-0.25, -0.2) is 0 Å². The van der Waals surface area contributed by atoms with Gasteiger partial charge in [0.25, 0.3) is 11.7 Å². The summed E-state index contributed by atoms with van der Waals surface area (Å²) in [5, 5.41) is 11.5. The van der Waals surface area contributed by atoms with Gasteiger partial charge in [0.05, 0.1) is 17.7 Å². The summed E-state index contributed by atoms with van der Waals surface area (Å²) in [6.07, 6.45) is 0.766. The quantitative estimate of drug-likeness (QED) is 0.267. The van der Waals surface area contributed by atoms with Gasteiger partial charge in [-0.3, -0.25) is 14.5 Å². The van der Waals surface area contributed by atoms with E-state index in [4.69, 9.17) is 9.47 Å². The second kappa shape index (κ2) is 9.89. The molecule has 3 aromatic rings. The van der Waals surface area contributed by atoms with Crippen LogP contribution in [0.5, 0.6) is 11.5 Å². The number of Topliss-reactive ketones (excluding diaryl/α,β-unsaturated/α-hetero) is 1. The summed E-state index contributed by atoms with van der Waals surface area (Å²) in [7, 11) is 3.87. The van der Waals surface area contributed by atoms with Gasteiger partial charge in [0.2, 0.25) is 0 Å². The van der Waals surface area contributed by atoms with E-state index in [1.165, 1.54) is 4.90 Å². The summed E-state index contributed by atoms with van der Waals surface area (Å²) < 4.78 is 11.6. The Labute approximate surface area is 222 Å². The lowest BCUT2D eigenvalue weighted by molar-refractivity contribution is -0.132. The van der Waals surface area contributed by atoms with Gasteiger partial charge in [-0.05, 0) is 86.5 Å².